The second-order valence-corrected chi connectivity index (χ2v) is 8.04. The molecule has 0 bridgehead atoms. The van der Waals surface area contributed by atoms with E-state index in [1.54, 1.807) is 23.1 Å². The smallest absolute Gasteiger partial charge is 0.322 e. The Morgan fingerprint density at radius 1 is 1.06 bits per heavy atom. The van der Waals surface area contributed by atoms with Crippen molar-refractivity contribution in [2.75, 3.05) is 18.4 Å². The van der Waals surface area contributed by atoms with Crippen molar-refractivity contribution < 1.29 is 13.6 Å². The zero-order valence-corrected chi connectivity index (χ0v) is 17.8. The maximum absolute atomic E-state index is 14.1. The van der Waals surface area contributed by atoms with Gasteiger partial charge in [0, 0.05) is 25.7 Å². The van der Waals surface area contributed by atoms with Gasteiger partial charge in [0.15, 0.2) is 0 Å². The number of carbonyl (C=O) groups is 1. The zero-order valence-electron chi connectivity index (χ0n) is 17.8. The number of urea groups is 1. The van der Waals surface area contributed by atoms with Crippen LogP contribution in [0.1, 0.15) is 29.9 Å². The molecule has 1 saturated heterocycles. The van der Waals surface area contributed by atoms with Gasteiger partial charge in [0.1, 0.15) is 17.3 Å². The number of benzene rings is 2. The van der Waals surface area contributed by atoms with Crippen LogP contribution in [0.25, 0.3) is 0 Å². The number of halogens is 1. The van der Waals surface area contributed by atoms with E-state index in [0.29, 0.717) is 6.54 Å². The van der Waals surface area contributed by atoms with E-state index in [1.807, 2.05) is 25.1 Å². The predicted molar refractivity (Wildman–Crippen MR) is 119 cm³/mol. The van der Waals surface area contributed by atoms with Crippen molar-refractivity contribution in [1.29, 1.82) is 0 Å². The van der Waals surface area contributed by atoms with E-state index in [9.17, 15) is 9.18 Å². The topological polar surface area (TPSA) is 48.7 Å². The summed E-state index contributed by atoms with van der Waals surface area (Å²) in [6.07, 6.45) is 1.72. The highest BCUT2D eigenvalue weighted by atomic mass is 19.1. The van der Waals surface area contributed by atoms with Gasteiger partial charge < -0.3 is 14.6 Å². The van der Waals surface area contributed by atoms with Crippen molar-refractivity contribution in [2.24, 2.45) is 0 Å². The molecule has 162 valence electrons. The third kappa shape index (κ3) is 5.52. The fourth-order valence-corrected chi connectivity index (χ4v) is 4.09. The summed E-state index contributed by atoms with van der Waals surface area (Å²) in [5.41, 5.74) is 1.48. The van der Waals surface area contributed by atoms with E-state index in [0.717, 1.165) is 44.0 Å². The number of nitrogens with zero attached hydrogens (tertiary/aromatic N) is 2. The number of hydrogen-bond acceptors (Lipinski definition) is 3. The summed E-state index contributed by atoms with van der Waals surface area (Å²) in [5, 5.41) is 2.74. The van der Waals surface area contributed by atoms with Crippen molar-refractivity contribution >= 4 is 11.7 Å². The third-order valence-corrected chi connectivity index (χ3v) is 5.75. The van der Waals surface area contributed by atoms with Crippen LogP contribution < -0.4 is 5.32 Å². The van der Waals surface area contributed by atoms with Gasteiger partial charge in [-0.15, -0.1) is 0 Å². The summed E-state index contributed by atoms with van der Waals surface area (Å²) in [6.45, 7) is 4.96. The standard InChI is InChI=1S/C25H28FN3O2/c1-19-11-12-22(31-19)18-29(25(30)27-24-10-6-5-9-23(24)26)21-13-15-28(16-14-21)17-20-7-3-2-4-8-20/h2-12,21H,13-18H2,1H3,(H,27,30). The van der Waals surface area contributed by atoms with Crippen LogP contribution in [0, 0.1) is 12.7 Å². The second kappa shape index (κ2) is 9.79. The minimum absolute atomic E-state index is 0.0594. The normalized spacial score (nSPS) is 15.0. The summed E-state index contributed by atoms with van der Waals surface area (Å²) < 4.78 is 19.8. The lowest BCUT2D eigenvalue weighted by atomic mass is 10.0. The molecule has 31 heavy (non-hydrogen) atoms. The molecular formula is C25H28FN3O2. The molecule has 2 heterocycles. The van der Waals surface area contributed by atoms with Gasteiger partial charge in [-0.05, 0) is 49.6 Å². The second-order valence-electron chi connectivity index (χ2n) is 8.04. The van der Waals surface area contributed by atoms with Crippen molar-refractivity contribution in [2.45, 2.75) is 38.9 Å². The Balaban J connectivity index is 1.44. The molecule has 6 heteroatoms. The van der Waals surface area contributed by atoms with E-state index in [4.69, 9.17) is 4.42 Å². The van der Waals surface area contributed by atoms with Crippen LogP contribution in [0.5, 0.6) is 0 Å². The van der Waals surface area contributed by atoms with E-state index < -0.39 is 5.82 Å². The number of likely N-dealkylation sites (tertiary alicyclic amines) is 1. The number of nitrogens with one attached hydrogen (secondary N) is 1. The molecule has 1 N–H and O–H groups in total. The first-order valence-corrected chi connectivity index (χ1v) is 10.7. The van der Waals surface area contributed by atoms with E-state index in [2.05, 4.69) is 34.5 Å². The molecule has 1 aliphatic heterocycles. The van der Waals surface area contributed by atoms with Gasteiger partial charge in [-0.3, -0.25) is 4.90 Å². The number of anilines is 1. The molecule has 5 nitrogen and oxygen atoms in total. The molecule has 1 aliphatic rings. The van der Waals surface area contributed by atoms with Crippen molar-refractivity contribution in [3.05, 3.63) is 89.6 Å². The molecule has 0 atom stereocenters. The summed E-state index contributed by atoms with van der Waals surface area (Å²) in [5.74, 6) is 1.09. The van der Waals surface area contributed by atoms with Gasteiger partial charge in [-0.1, -0.05) is 42.5 Å². The Morgan fingerprint density at radius 2 is 1.77 bits per heavy atom. The molecule has 4 rings (SSSR count). The lowest BCUT2D eigenvalue weighted by Crippen LogP contribution is -2.48. The molecule has 1 fully saturated rings. The summed E-state index contributed by atoms with van der Waals surface area (Å²) in [6, 6.07) is 20.2. The first kappa shape index (κ1) is 21.1. The number of carbonyl (C=O) groups excluding carboxylic acids is 1. The van der Waals surface area contributed by atoms with Gasteiger partial charge in [-0.2, -0.15) is 0 Å². The number of rotatable bonds is 6. The Labute approximate surface area is 182 Å². The van der Waals surface area contributed by atoms with Crippen molar-refractivity contribution in [3.63, 3.8) is 0 Å². The van der Waals surface area contributed by atoms with Gasteiger partial charge in [0.05, 0.1) is 12.2 Å². The lowest BCUT2D eigenvalue weighted by Gasteiger charge is -2.38. The van der Waals surface area contributed by atoms with Gasteiger partial charge >= 0.3 is 6.03 Å². The van der Waals surface area contributed by atoms with Gasteiger partial charge in [0.25, 0.3) is 0 Å². The highest BCUT2D eigenvalue weighted by molar-refractivity contribution is 5.89. The molecule has 0 radical (unpaired) electrons. The molecule has 0 saturated carbocycles. The lowest BCUT2D eigenvalue weighted by molar-refractivity contribution is 0.115. The van der Waals surface area contributed by atoms with Crippen LogP contribution >= 0.6 is 0 Å². The van der Waals surface area contributed by atoms with Crippen molar-refractivity contribution in [3.8, 4) is 0 Å². The van der Waals surface area contributed by atoms with Crippen LogP contribution in [0.2, 0.25) is 0 Å². The number of hydrogen-bond donors (Lipinski definition) is 1. The average molecular weight is 422 g/mol. The fourth-order valence-electron chi connectivity index (χ4n) is 4.09. The van der Waals surface area contributed by atoms with Crippen LogP contribution in [0.4, 0.5) is 14.9 Å². The SMILES string of the molecule is Cc1ccc(CN(C(=O)Nc2ccccc2F)C2CCN(Cc3ccccc3)CC2)o1. The molecule has 2 amide bonds. The van der Waals surface area contributed by atoms with Crippen LogP contribution in [-0.4, -0.2) is 35.0 Å². The maximum Gasteiger partial charge on any atom is 0.322 e. The highest BCUT2D eigenvalue weighted by Gasteiger charge is 2.29. The Kier molecular flexibility index (Phi) is 6.67. The van der Waals surface area contributed by atoms with Gasteiger partial charge in [-0.25, -0.2) is 9.18 Å². The van der Waals surface area contributed by atoms with Gasteiger partial charge in [0.2, 0.25) is 0 Å². The number of para-hydroxylation sites is 1. The molecule has 3 aromatic rings. The van der Waals surface area contributed by atoms with E-state index in [1.165, 1.54) is 11.6 Å². The predicted octanol–water partition coefficient (Wildman–Crippen LogP) is 5.43. The fraction of sp³-hybridized carbons (Fsp3) is 0.320. The number of furan rings is 1. The minimum Gasteiger partial charge on any atom is -0.464 e. The largest absolute Gasteiger partial charge is 0.464 e. The summed E-state index contributed by atoms with van der Waals surface area (Å²) >= 11 is 0. The Hall–Kier alpha value is -3.12. The summed E-state index contributed by atoms with van der Waals surface area (Å²) in [4.78, 5) is 17.3. The molecule has 0 aliphatic carbocycles. The molecule has 1 aromatic heterocycles. The van der Waals surface area contributed by atoms with E-state index >= 15 is 0 Å². The molecule has 0 unspecified atom stereocenters. The Morgan fingerprint density at radius 3 is 2.45 bits per heavy atom. The third-order valence-electron chi connectivity index (χ3n) is 5.75. The first-order valence-electron chi connectivity index (χ1n) is 10.7. The zero-order chi connectivity index (χ0) is 21.6. The van der Waals surface area contributed by atoms with Crippen LogP contribution in [-0.2, 0) is 13.1 Å². The first-order chi connectivity index (χ1) is 15.1. The quantitative estimate of drug-likeness (QED) is 0.578. The Bertz CT molecular complexity index is 997. The number of piperidine rings is 1. The molecule has 2 aromatic carbocycles. The number of amides is 2. The molecule has 0 spiro atoms. The minimum atomic E-state index is -0.442. The van der Waals surface area contributed by atoms with E-state index in [-0.39, 0.29) is 17.8 Å². The van der Waals surface area contributed by atoms with Crippen molar-refractivity contribution in [1.82, 2.24) is 9.80 Å². The average Bonchev–Trinajstić information content (AvgIpc) is 3.20. The van der Waals surface area contributed by atoms with Crippen LogP contribution in [0.15, 0.2) is 71.1 Å². The summed E-state index contributed by atoms with van der Waals surface area (Å²) in [7, 11) is 0. The van der Waals surface area contributed by atoms with Crippen LogP contribution in [0.3, 0.4) is 0 Å². The number of aryl methyl sites for hydroxylation is 1. The monoisotopic (exact) mass is 421 g/mol. The maximum atomic E-state index is 14.1. The molecular weight excluding hydrogens is 393 g/mol. The highest BCUT2D eigenvalue weighted by Crippen LogP contribution is 2.23.